The van der Waals surface area contributed by atoms with Crippen LogP contribution in [-0.2, 0) is 4.79 Å². The van der Waals surface area contributed by atoms with Crippen LogP contribution in [0, 0.1) is 0 Å². The molecule has 1 fully saturated rings. The van der Waals surface area contributed by atoms with Gasteiger partial charge in [-0.05, 0) is 17.7 Å². The Balaban J connectivity index is 2.16. The van der Waals surface area contributed by atoms with Crippen molar-refractivity contribution in [1.82, 2.24) is 5.32 Å². The highest BCUT2D eigenvalue weighted by molar-refractivity contribution is 8.24. The molecular formula is C12H13NO2S2. The van der Waals surface area contributed by atoms with E-state index in [2.05, 4.69) is 5.32 Å². The van der Waals surface area contributed by atoms with Gasteiger partial charge in [-0.2, -0.15) is 0 Å². The van der Waals surface area contributed by atoms with E-state index in [0.717, 1.165) is 11.3 Å². The fraction of sp³-hybridized carbons (Fsp3) is 0.333. The molecule has 1 aromatic rings. The van der Waals surface area contributed by atoms with Crippen LogP contribution in [0.5, 0.6) is 5.75 Å². The van der Waals surface area contributed by atoms with E-state index in [1.807, 2.05) is 31.2 Å². The summed E-state index contributed by atoms with van der Waals surface area (Å²) in [5.41, 5.74) is 1.11. The predicted octanol–water partition coefficient (Wildman–Crippen LogP) is 2.32. The first kappa shape index (κ1) is 12.4. The van der Waals surface area contributed by atoms with Gasteiger partial charge in [-0.25, -0.2) is 0 Å². The van der Waals surface area contributed by atoms with Crippen molar-refractivity contribution in [2.45, 2.75) is 18.1 Å². The van der Waals surface area contributed by atoms with Crippen LogP contribution >= 0.6 is 24.0 Å². The second-order valence-corrected chi connectivity index (χ2v) is 5.70. The van der Waals surface area contributed by atoms with Crippen molar-refractivity contribution in [3.63, 3.8) is 0 Å². The number of thiocarbonyl (C=S) groups is 1. The highest BCUT2D eigenvalue weighted by atomic mass is 32.2. The topological polar surface area (TPSA) is 38.3 Å². The lowest BCUT2D eigenvalue weighted by Crippen LogP contribution is -2.27. The molecule has 1 amide bonds. The van der Waals surface area contributed by atoms with Crippen molar-refractivity contribution in [2.24, 2.45) is 0 Å². The third-order valence-corrected chi connectivity index (χ3v) is 4.40. The Morgan fingerprint density at radius 3 is 2.53 bits per heavy atom. The van der Waals surface area contributed by atoms with Gasteiger partial charge in [0.15, 0.2) is 0 Å². The van der Waals surface area contributed by atoms with E-state index in [0.29, 0.717) is 4.32 Å². The molecule has 0 saturated carbocycles. The number of nitrogens with one attached hydrogen (secondary N) is 1. The molecule has 90 valence electrons. The van der Waals surface area contributed by atoms with Crippen molar-refractivity contribution < 1.29 is 9.53 Å². The molecule has 1 heterocycles. The Hall–Kier alpha value is -1.07. The Kier molecular flexibility index (Phi) is 3.69. The second-order valence-electron chi connectivity index (χ2n) is 3.88. The summed E-state index contributed by atoms with van der Waals surface area (Å²) in [6.07, 6.45) is 0. The Morgan fingerprint density at radius 1 is 1.41 bits per heavy atom. The molecule has 1 N–H and O–H groups in total. The average molecular weight is 267 g/mol. The van der Waals surface area contributed by atoms with Crippen molar-refractivity contribution in [3.8, 4) is 5.75 Å². The third-order valence-electron chi connectivity index (χ3n) is 2.81. The van der Waals surface area contributed by atoms with Gasteiger partial charge in [-0.3, -0.25) is 4.79 Å². The summed E-state index contributed by atoms with van der Waals surface area (Å²) in [5, 5.41) is 2.54. The molecule has 17 heavy (non-hydrogen) atoms. The van der Waals surface area contributed by atoms with Gasteiger partial charge in [0.1, 0.15) is 10.1 Å². The number of carbonyl (C=O) groups excluding carboxylic acids is 1. The fourth-order valence-corrected chi connectivity index (χ4v) is 3.11. The molecule has 2 unspecified atom stereocenters. The van der Waals surface area contributed by atoms with E-state index >= 15 is 0 Å². The summed E-state index contributed by atoms with van der Waals surface area (Å²) < 4.78 is 5.68. The van der Waals surface area contributed by atoms with Gasteiger partial charge in [0.25, 0.3) is 0 Å². The van der Waals surface area contributed by atoms with Gasteiger partial charge >= 0.3 is 0 Å². The highest BCUT2D eigenvalue weighted by Crippen LogP contribution is 2.33. The number of methoxy groups -OCH3 is 1. The minimum atomic E-state index is -0.129. The molecule has 0 aromatic heterocycles. The lowest BCUT2D eigenvalue weighted by molar-refractivity contribution is -0.119. The highest BCUT2D eigenvalue weighted by Gasteiger charge is 2.34. The molecule has 1 aromatic carbocycles. The zero-order chi connectivity index (χ0) is 12.4. The normalized spacial score (nSPS) is 21.2. The van der Waals surface area contributed by atoms with Gasteiger partial charge in [-0.15, -0.1) is 0 Å². The van der Waals surface area contributed by atoms with Crippen LogP contribution in [0.25, 0.3) is 0 Å². The second kappa shape index (κ2) is 5.06. The monoisotopic (exact) mass is 267 g/mol. The lowest BCUT2D eigenvalue weighted by atomic mass is 9.97. The van der Waals surface area contributed by atoms with Crippen LogP contribution in [0.4, 0.5) is 0 Å². The molecule has 3 nitrogen and oxygen atoms in total. The third kappa shape index (κ3) is 2.61. The van der Waals surface area contributed by atoms with E-state index in [9.17, 15) is 4.79 Å². The number of rotatable bonds is 3. The summed E-state index contributed by atoms with van der Waals surface area (Å²) in [7, 11) is 1.64. The number of amides is 1. The maximum Gasteiger partial charge on any atom is 0.239 e. The van der Waals surface area contributed by atoms with E-state index < -0.39 is 0 Å². The number of benzene rings is 1. The molecule has 0 bridgehead atoms. The van der Waals surface area contributed by atoms with E-state index in [4.69, 9.17) is 17.0 Å². The SMILES string of the molecule is COc1ccc(C(C)C2SC(=S)NC2=O)cc1. The molecule has 5 heteroatoms. The number of hydrogen-bond acceptors (Lipinski definition) is 4. The van der Waals surface area contributed by atoms with Gasteiger partial charge < -0.3 is 10.1 Å². The molecule has 0 aliphatic carbocycles. The molecule has 0 radical (unpaired) electrons. The number of thioether (sulfide) groups is 1. The van der Waals surface area contributed by atoms with Gasteiger partial charge in [0, 0.05) is 5.92 Å². The molecule has 2 atom stereocenters. The summed E-state index contributed by atoms with van der Waals surface area (Å²) >= 11 is 6.42. The average Bonchev–Trinajstić information content (AvgIpc) is 2.68. The minimum Gasteiger partial charge on any atom is -0.497 e. The Labute approximate surface area is 110 Å². The zero-order valence-corrected chi connectivity index (χ0v) is 11.2. The molecule has 1 aliphatic rings. The van der Waals surface area contributed by atoms with Crippen LogP contribution in [0.1, 0.15) is 18.4 Å². The largest absolute Gasteiger partial charge is 0.497 e. The van der Waals surface area contributed by atoms with Crippen molar-refractivity contribution in [2.75, 3.05) is 7.11 Å². The zero-order valence-electron chi connectivity index (χ0n) is 9.60. The Bertz CT molecular complexity index is 444. The quantitative estimate of drug-likeness (QED) is 0.853. The predicted molar refractivity (Wildman–Crippen MR) is 73.5 cm³/mol. The first-order valence-corrected chi connectivity index (χ1v) is 6.56. The summed E-state index contributed by atoms with van der Waals surface area (Å²) in [5.74, 6) is 0.953. The van der Waals surface area contributed by atoms with Gasteiger partial charge in [0.05, 0.1) is 12.4 Å². The molecule has 2 rings (SSSR count). The number of ether oxygens (including phenoxy) is 1. The molecular weight excluding hydrogens is 254 g/mol. The van der Waals surface area contributed by atoms with Crippen molar-refractivity contribution in [1.29, 1.82) is 0 Å². The van der Waals surface area contributed by atoms with Gasteiger partial charge in [0.2, 0.25) is 5.91 Å². The molecule has 1 aliphatic heterocycles. The van der Waals surface area contributed by atoms with Crippen LogP contribution in [-0.4, -0.2) is 22.6 Å². The molecule has 1 saturated heterocycles. The van der Waals surface area contributed by atoms with E-state index in [1.54, 1.807) is 7.11 Å². The van der Waals surface area contributed by atoms with Gasteiger partial charge in [-0.1, -0.05) is 43.0 Å². The summed E-state index contributed by atoms with van der Waals surface area (Å²) in [4.78, 5) is 11.7. The van der Waals surface area contributed by atoms with Crippen molar-refractivity contribution in [3.05, 3.63) is 29.8 Å². The maximum absolute atomic E-state index is 11.7. The Morgan fingerprint density at radius 2 is 2.06 bits per heavy atom. The summed E-state index contributed by atoms with van der Waals surface area (Å²) in [6.45, 7) is 2.03. The minimum absolute atomic E-state index is 0.00307. The van der Waals surface area contributed by atoms with Crippen LogP contribution in [0.2, 0.25) is 0 Å². The van der Waals surface area contributed by atoms with E-state index in [-0.39, 0.29) is 17.1 Å². The van der Waals surface area contributed by atoms with Crippen LogP contribution in [0.3, 0.4) is 0 Å². The standard InChI is InChI=1S/C12H13NO2S2/c1-7(10-11(14)13-12(16)17-10)8-3-5-9(15-2)6-4-8/h3-7,10H,1-2H3,(H,13,14,16). The van der Waals surface area contributed by atoms with Crippen LogP contribution < -0.4 is 10.1 Å². The summed E-state index contributed by atoms with van der Waals surface area (Å²) in [6, 6.07) is 7.78. The first-order valence-electron chi connectivity index (χ1n) is 5.27. The van der Waals surface area contributed by atoms with Crippen molar-refractivity contribution >= 4 is 34.2 Å². The lowest BCUT2D eigenvalue weighted by Gasteiger charge is -2.16. The maximum atomic E-state index is 11.7. The fourth-order valence-electron chi connectivity index (χ4n) is 1.78. The van der Waals surface area contributed by atoms with E-state index in [1.165, 1.54) is 11.8 Å². The smallest absolute Gasteiger partial charge is 0.239 e. The number of carbonyl (C=O) groups is 1. The molecule has 0 spiro atoms. The number of hydrogen-bond donors (Lipinski definition) is 1. The van der Waals surface area contributed by atoms with Crippen LogP contribution in [0.15, 0.2) is 24.3 Å². The first-order chi connectivity index (χ1) is 8.11.